The van der Waals surface area contributed by atoms with Crippen molar-refractivity contribution in [1.29, 1.82) is 0 Å². The molecule has 94 valence electrons. The van der Waals surface area contributed by atoms with Gasteiger partial charge in [-0.05, 0) is 18.2 Å². The Morgan fingerprint density at radius 1 is 1.11 bits per heavy atom. The van der Waals surface area contributed by atoms with Crippen LogP contribution >= 0.6 is 11.6 Å². The van der Waals surface area contributed by atoms with Gasteiger partial charge >= 0.3 is 0 Å². The Morgan fingerprint density at radius 2 is 1.94 bits per heavy atom. The van der Waals surface area contributed by atoms with E-state index in [1.54, 1.807) is 6.20 Å². The number of fused-ring (bicyclic) bond motifs is 1. The van der Waals surface area contributed by atoms with Gasteiger partial charge in [0.1, 0.15) is 23.9 Å². The highest BCUT2D eigenvalue weighted by molar-refractivity contribution is 6.17. The van der Waals surface area contributed by atoms with Crippen LogP contribution in [0.15, 0.2) is 48.7 Å². The van der Waals surface area contributed by atoms with Crippen LogP contribution in [0.1, 0.15) is 0 Å². The molecule has 0 amide bonds. The first-order valence-electron chi connectivity index (χ1n) is 5.67. The number of benzene rings is 1. The SMILES string of the molecule is ClCOC/C=C/COc1cccc2cccnc12. The first kappa shape index (κ1) is 12.9. The predicted molar refractivity (Wildman–Crippen MR) is 73.1 cm³/mol. The summed E-state index contributed by atoms with van der Waals surface area (Å²) in [6.07, 6.45) is 5.54. The molecule has 0 atom stereocenters. The highest BCUT2D eigenvalue weighted by atomic mass is 35.5. The molecule has 0 spiro atoms. The van der Waals surface area contributed by atoms with Crippen LogP contribution in [0.5, 0.6) is 5.75 Å². The third-order valence-corrected chi connectivity index (χ3v) is 2.54. The van der Waals surface area contributed by atoms with Crippen molar-refractivity contribution in [1.82, 2.24) is 4.98 Å². The number of alkyl halides is 1. The minimum absolute atomic E-state index is 0.207. The van der Waals surface area contributed by atoms with Gasteiger partial charge in [0.2, 0.25) is 0 Å². The summed E-state index contributed by atoms with van der Waals surface area (Å²) in [5.41, 5.74) is 0.880. The number of halogens is 1. The molecule has 0 fully saturated rings. The zero-order chi connectivity index (χ0) is 12.6. The Kier molecular flexibility index (Phi) is 5.00. The Balaban J connectivity index is 1.97. The van der Waals surface area contributed by atoms with E-state index in [4.69, 9.17) is 21.1 Å². The van der Waals surface area contributed by atoms with Crippen molar-refractivity contribution in [3.8, 4) is 5.75 Å². The van der Waals surface area contributed by atoms with E-state index >= 15 is 0 Å². The molecule has 3 nitrogen and oxygen atoms in total. The molecule has 0 aliphatic rings. The molecular weight excluding hydrogens is 250 g/mol. The molecule has 0 saturated carbocycles. The summed E-state index contributed by atoms with van der Waals surface area (Å²) in [5.74, 6) is 0.788. The monoisotopic (exact) mass is 263 g/mol. The normalized spacial score (nSPS) is 11.2. The number of para-hydroxylation sites is 1. The van der Waals surface area contributed by atoms with Crippen LogP contribution in [-0.2, 0) is 4.74 Å². The van der Waals surface area contributed by atoms with E-state index in [0.717, 1.165) is 16.7 Å². The fraction of sp³-hybridized carbons (Fsp3) is 0.214. The third kappa shape index (κ3) is 3.45. The number of rotatable bonds is 6. The van der Waals surface area contributed by atoms with Gasteiger partial charge in [-0.25, -0.2) is 0 Å². The third-order valence-electron chi connectivity index (χ3n) is 2.39. The van der Waals surface area contributed by atoms with Crippen molar-refractivity contribution >= 4 is 22.5 Å². The molecule has 18 heavy (non-hydrogen) atoms. The molecule has 0 unspecified atom stereocenters. The minimum atomic E-state index is 0.207. The highest BCUT2D eigenvalue weighted by Crippen LogP contribution is 2.22. The Hall–Kier alpha value is -1.58. The highest BCUT2D eigenvalue weighted by Gasteiger charge is 2.00. The maximum Gasteiger partial charge on any atom is 0.145 e. The largest absolute Gasteiger partial charge is 0.487 e. The van der Waals surface area contributed by atoms with Crippen molar-refractivity contribution in [3.63, 3.8) is 0 Å². The van der Waals surface area contributed by atoms with Crippen LogP contribution in [0.25, 0.3) is 10.9 Å². The summed E-state index contributed by atoms with van der Waals surface area (Å²) in [4.78, 5) is 4.32. The van der Waals surface area contributed by atoms with Crippen LogP contribution in [-0.4, -0.2) is 24.3 Å². The molecule has 0 N–H and O–H groups in total. The van der Waals surface area contributed by atoms with E-state index in [9.17, 15) is 0 Å². The van der Waals surface area contributed by atoms with Gasteiger partial charge in [-0.15, -0.1) is 0 Å². The first-order chi connectivity index (χ1) is 8.92. The Labute approximate surface area is 111 Å². The van der Waals surface area contributed by atoms with Gasteiger partial charge in [-0.2, -0.15) is 0 Å². The molecule has 0 bridgehead atoms. The van der Waals surface area contributed by atoms with Gasteiger partial charge in [-0.3, -0.25) is 4.98 Å². The lowest BCUT2D eigenvalue weighted by Gasteiger charge is -2.06. The van der Waals surface area contributed by atoms with Crippen molar-refractivity contribution < 1.29 is 9.47 Å². The second kappa shape index (κ2) is 6.99. The van der Waals surface area contributed by atoms with E-state index in [1.807, 2.05) is 42.5 Å². The zero-order valence-electron chi connectivity index (χ0n) is 9.88. The average molecular weight is 264 g/mol. The predicted octanol–water partition coefficient (Wildman–Crippen LogP) is 3.38. The lowest BCUT2D eigenvalue weighted by molar-refractivity contribution is 0.212. The summed E-state index contributed by atoms with van der Waals surface area (Å²) in [5, 5.41) is 1.07. The van der Waals surface area contributed by atoms with Crippen LogP contribution in [0.4, 0.5) is 0 Å². The average Bonchev–Trinajstić information content (AvgIpc) is 2.43. The van der Waals surface area contributed by atoms with Crippen LogP contribution < -0.4 is 4.74 Å². The Bertz CT molecular complexity index is 523. The van der Waals surface area contributed by atoms with Gasteiger partial charge in [0.05, 0.1) is 6.61 Å². The van der Waals surface area contributed by atoms with Crippen molar-refractivity contribution in [2.24, 2.45) is 0 Å². The molecule has 2 rings (SSSR count). The summed E-state index contributed by atoms with van der Waals surface area (Å²) in [7, 11) is 0. The van der Waals surface area contributed by atoms with Gasteiger partial charge in [0.25, 0.3) is 0 Å². The second-order valence-corrected chi connectivity index (χ2v) is 3.81. The molecule has 2 aromatic rings. The molecular formula is C14H14ClNO2. The summed E-state index contributed by atoms with van der Waals surface area (Å²) < 4.78 is 10.6. The van der Waals surface area contributed by atoms with Crippen molar-refractivity contribution in [3.05, 3.63) is 48.7 Å². The van der Waals surface area contributed by atoms with E-state index in [1.165, 1.54) is 0 Å². The van der Waals surface area contributed by atoms with Gasteiger partial charge in [0, 0.05) is 11.6 Å². The summed E-state index contributed by atoms with van der Waals surface area (Å²) in [6.45, 7) is 0.988. The van der Waals surface area contributed by atoms with Crippen LogP contribution in [0.2, 0.25) is 0 Å². The maximum atomic E-state index is 5.66. The number of pyridine rings is 1. The standard InChI is InChI=1S/C14H14ClNO2/c15-11-17-9-1-2-10-18-13-7-3-5-12-6-4-8-16-14(12)13/h1-8H,9-11H2/b2-1+. The molecule has 0 aliphatic heterocycles. The number of hydrogen-bond donors (Lipinski definition) is 0. The smallest absolute Gasteiger partial charge is 0.145 e. The minimum Gasteiger partial charge on any atom is -0.487 e. The molecule has 4 heteroatoms. The number of nitrogens with zero attached hydrogens (tertiary/aromatic N) is 1. The zero-order valence-corrected chi connectivity index (χ0v) is 10.6. The second-order valence-electron chi connectivity index (χ2n) is 3.59. The maximum absolute atomic E-state index is 5.66. The quantitative estimate of drug-likeness (QED) is 0.455. The first-order valence-corrected chi connectivity index (χ1v) is 6.20. The number of ether oxygens (including phenoxy) is 2. The molecule has 1 aromatic carbocycles. The molecule has 1 aromatic heterocycles. The van der Waals surface area contributed by atoms with Gasteiger partial charge < -0.3 is 9.47 Å². The summed E-state index contributed by atoms with van der Waals surface area (Å²) >= 11 is 5.38. The van der Waals surface area contributed by atoms with E-state index in [2.05, 4.69) is 4.98 Å². The fourth-order valence-corrected chi connectivity index (χ4v) is 1.67. The number of aromatic nitrogens is 1. The fourth-order valence-electron chi connectivity index (χ4n) is 1.58. The summed E-state index contributed by atoms with van der Waals surface area (Å²) in [6, 6.07) is 10.0. The van der Waals surface area contributed by atoms with E-state index in [0.29, 0.717) is 13.2 Å². The molecule has 0 radical (unpaired) electrons. The topological polar surface area (TPSA) is 31.4 Å². The lowest BCUT2D eigenvalue weighted by Crippen LogP contribution is -1.96. The Morgan fingerprint density at radius 3 is 2.83 bits per heavy atom. The van der Waals surface area contributed by atoms with Gasteiger partial charge in [-0.1, -0.05) is 35.9 Å². The van der Waals surface area contributed by atoms with Gasteiger partial charge in [0.15, 0.2) is 0 Å². The lowest BCUT2D eigenvalue weighted by atomic mass is 10.2. The van der Waals surface area contributed by atoms with E-state index in [-0.39, 0.29) is 6.07 Å². The molecule has 0 saturated heterocycles. The van der Waals surface area contributed by atoms with Crippen LogP contribution in [0.3, 0.4) is 0 Å². The number of hydrogen-bond acceptors (Lipinski definition) is 3. The van der Waals surface area contributed by atoms with Crippen LogP contribution in [0, 0.1) is 0 Å². The van der Waals surface area contributed by atoms with E-state index < -0.39 is 0 Å². The molecule has 1 heterocycles. The van der Waals surface area contributed by atoms with Crippen molar-refractivity contribution in [2.45, 2.75) is 0 Å². The molecule has 0 aliphatic carbocycles. The van der Waals surface area contributed by atoms with Crippen molar-refractivity contribution in [2.75, 3.05) is 19.3 Å².